The van der Waals surface area contributed by atoms with Gasteiger partial charge in [-0.3, -0.25) is 20.4 Å². The summed E-state index contributed by atoms with van der Waals surface area (Å²) in [5.74, 6) is -0.823. The van der Waals surface area contributed by atoms with Crippen molar-refractivity contribution in [1.82, 2.24) is 16.2 Å². The van der Waals surface area contributed by atoms with E-state index in [9.17, 15) is 14.4 Å². The highest BCUT2D eigenvalue weighted by Gasteiger charge is 2.09. The molecule has 0 atom stereocenters. The van der Waals surface area contributed by atoms with Gasteiger partial charge in [-0.05, 0) is 49.0 Å². The maximum Gasteiger partial charge on any atom is 0.338 e. The first kappa shape index (κ1) is 21.8. The number of hydrazine groups is 1. The summed E-state index contributed by atoms with van der Waals surface area (Å²) in [4.78, 5) is 35.3. The third-order valence-corrected chi connectivity index (χ3v) is 3.72. The minimum atomic E-state index is -0.501. The minimum Gasteiger partial charge on any atom is -0.484 e. The molecule has 29 heavy (non-hydrogen) atoms. The minimum absolute atomic E-state index is 0.0296. The van der Waals surface area contributed by atoms with Gasteiger partial charge in [-0.2, -0.15) is 0 Å². The molecular weight excluding hydrogens is 394 g/mol. The lowest BCUT2D eigenvalue weighted by Gasteiger charge is -2.11. The molecule has 2 amide bonds. The van der Waals surface area contributed by atoms with Gasteiger partial charge in [-0.1, -0.05) is 30.3 Å². The molecule has 0 heterocycles. The Balaban J connectivity index is 1.68. The molecular formula is C20H21N3O5S. The van der Waals surface area contributed by atoms with E-state index in [-0.39, 0.29) is 24.0 Å². The average Bonchev–Trinajstić information content (AvgIpc) is 2.72. The maximum absolute atomic E-state index is 11.9. The van der Waals surface area contributed by atoms with Gasteiger partial charge in [0.2, 0.25) is 5.91 Å². The molecule has 0 aliphatic carbocycles. The Morgan fingerprint density at radius 2 is 1.62 bits per heavy atom. The second-order valence-corrected chi connectivity index (χ2v) is 6.15. The van der Waals surface area contributed by atoms with Crippen LogP contribution in [-0.4, -0.2) is 36.1 Å². The maximum atomic E-state index is 11.9. The monoisotopic (exact) mass is 415 g/mol. The van der Waals surface area contributed by atoms with E-state index in [2.05, 4.69) is 16.2 Å². The lowest BCUT2D eigenvalue weighted by Crippen LogP contribution is -2.49. The molecule has 0 unspecified atom stereocenters. The number of carbonyl (C=O) groups excluding carboxylic acids is 3. The number of benzene rings is 2. The smallest absolute Gasteiger partial charge is 0.338 e. The molecule has 2 aromatic rings. The lowest BCUT2D eigenvalue weighted by atomic mass is 10.1. The molecule has 9 heteroatoms. The number of hydrogen-bond acceptors (Lipinski definition) is 6. The van der Waals surface area contributed by atoms with E-state index in [4.69, 9.17) is 21.7 Å². The molecule has 0 saturated carbocycles. The van der Waals surface area contributed by atoms with Crippen LogP contribution >= 0.6 is 12.2 Å². The zero-order valence-electron chi connectivity index (χ0n) is 15.8. The molecule has 0 saturated heterocycles. The number of amides is 2. The number of esters is 1. The van der Waals surface area contributed by atoms with Crippen molar-refractivity contribution in [2.45, 2.75) is 13.3 Å². The fourth-order valence-electron chi connectivity index (χ4n) is 2.20. The first-order chi connectivity index (χ1) is 14.0. The molecule has 3 N–H and O–H groups in total. The Hall–Kier alpha value is -3.46. The van der Waals surface area contributed by atoms with Crippen molar-refractivity contribution in [3.8, 4) is 5.75 Å². The fourth-order valence-corrected chi connectivity index (χ4v) is 2.36. The van der Waals surface area contributed by atoms with E-state index in [0.717, 1.165) is 5.56 Å². The number of ether oxygens (including phenoxy) is 2. The van der Waals surface area contributed by atoms with Gasteiger partial charge in [0.05, 0.1) is 18.6 Å². The van der Waals surface area contributed by atoms with E-state index in [1.165, 1.54) is 0 Å². The SMILES string of the molecule is CCOC(=O)c1ccc(OCC(=O)NNC(=S)NC(=O)Cc2ccccc2)cc1. The van der Waals surface area contributed by atoms with E-state index < -0.39 is 11.9 Å². The molecule has 0 aliphatic rings. The van der Waals surface area contributed by atoms with Crippen LogP contribution in [-0.2, 0) is 20.7 Å². The Labute approximate surface area is 173 Å². The van der Waals surface area contributed by atoms with Crippen LogP contribution in [0.3, 0.4) is 0 Å². The largest absolute Gasteiger partial charge is 0.484 e. The van der Waals surface area contributed by atoms with Crippen LogP contribution in [0.4, 0.5) is 0 Å². The molecule has 2 aromatic carbocycles. The number of nitrogens with one attached hydrogen (secondary N) is 3. The first-order valence-corrected chi connectivity index (χ1v) is 9.21. The Morgan fingerprint density at radius 3 is 2.28 bits per heavy atom. The number of thiocarbonyl (C=S) groups is 1. The Kier molecular flexibility index (Phi) is 8.58. The third kappa shape index (κ3) is 7.97. The van der Waals surface area contributed by atoms with Gasteiger partial charge < -0.3 is 14.8 Å². The van der Waals surface area contributed by atoms with Crippen LogP contribution in [0.5, 0.6) is 5.75 Å². The van der Waals surface area contributed by atoms with E-state index in [1.807, 2.05) is 30.3 Å². The summed E-state index contributed by atoms with van der Waals surface area (Å²) in [5.41, 5.74) is 5.99. The average molecular weight is 415 g/mol. The highest BCUT2D eigenvalue weighted by molar-refractivity contribution is 7.80. The molecule has 2 rings (SSSR count). The third-order valence-electron chi connectivity index (χ3n) is 3.51. The van der Waals surface area contributed by atoms with Gasteiger partial charge in [-0.25, -0.2) is 4.79 Å². The van der Waals surface area contributed by atoms with Crippen molar-refractivity contribution >= 4 is 35.1 Å². The van der Waals surface area contributed by atoms with Gasteiger partial charge in [0.1, 0.15) is 5.75 Å². The second-order valence-electron chi connectivity index (χ2n) is 5.75. The topological polar surface area (TPSA) is 106 Å². The number of hydrogen-bond donors (Lipinski definition) is 3. The van der Waals surface area contributed by atoms with Crippen molar-refractivity contribution in [3.63, 3.8) is 0 Å². The van der Waals surface area contributed by atoms with Crippen molar-refractivity contribution < 1.29 is 23.9 Å². The molecule has 0 fully saturated rings. The summed E-state index contributed by atoms with van der Waals surface area (Å²) in [7, 11) is 0. The van der Waals surface area contributed by atoms with Crippen molar-refractivity contribution in [3.05, 3.63) is 65.7 Å². The van der Waals surface area contributed by atoms with Crippen LogP contribution in [0.15, 0.2) is 54.6 Å². The second kappa shape index (κ2) is 11.4. The normalized spacial score (nSPS) is 9.83. The first-order valence-electron chi connectivity index (χ1n) is 8.80. The van der Waals surface area contributed by atoms with Crippen molar-refractivity contribution in [1.29, 1.82) is 0 Å². The van der Waals surface area contributed by atoms with Gasteiger partial charge in [-0.15, -0.1) is 0 Å². The van der Waals surface area contributed by atoms with E-state index >= 15 is 0 Å². The van der Waals surface area contributed by atoms with Crippen LogP contribution in [0.2, 0.25) is 0 Å². The quantitative estimate of drug-likeness (QED) is 0.358. The highest BCUT2D eigenvalue weighted by Crippen LogP contribution is 2.12. The number of carbonyl (C=O) groups is 3. The Morgan fingerprint density at radius 1 is 0.931 bits per heavy atom. The van der Waals surface area contributed by atoms with Gasteiger partial charge >= 0.3 is 5.97 Å². The Bertz CT molecular complexity index is 856. The predicted octanol–water partition coefficient (Wildman–Crippen LogP) is 1.51. The van der Waals surface area contributed by atoms with Crippen molar-refractivity contribution in [2.75, 3.05) is 13.2 Å². The van der Waals surface area contributed by atoms with Crippen molar-refractivity contribution in [2.24, 2.45) is 0 Å². The summed E-state index contributed by atoms with van der Waals surface area (Å²) in [6, 6.07) is 15.4. The fraction of sp³-hybridized carbons (Fsp3) is 0.200. The zero-order valence-corrected chi connectivity index (χ0v) is 16.6. The summed E-state index contributed by atoms with van der Waals surface area (Å²) in [5, 5.41) is 2.44. The molecule has 0 aromatic heterocycles. The van der Waals surface area contributed by atoms with E-state index in [0.29, 0.717) is 17.9 Å². The van der Waals surface area contributed by atoms with Crippen LogP contribution < -0.4 is 20.9 Å². The van der Waals surface area contributed by atoms with Crippen LogP contribution in [0.25, 0.3) is 0 Å². The van der Waals surface area contributed by atoms with E-state index in [1.54, 1.807) is 31.2 Å². The molecule has 8 nitrogen and oxygen atoms in total. The molecule has 0 aliphatic heterocycles. The summed E-state index contributed by atoms with van der Waals surface area (Å²) in [6.45, 7) is 1.73. The summed E-state index contributed by atoms with van der Waals surface area (Å²) < 4.78 is 10.2. The van der Waals surface area contributed by atoms with Gasteiger partial charge in [0.15, 0.2) is 11.7 Å². The lowest BCUT2D eigenvalue weighted by molar-refractivity contribution is -0.124. The zero-order chi connectivity index (χ0) is 21.1. The predicted molar refractivity (Wildman–Crippen MR) is 110 cm³/mol. The molecule has 0 spiro atoms. The number of rotatable bonds is 7. The van der Waals surface area contributed by atoms with Gasteiger partial charge in [0.25, 0.3) is 5.91 Å². The molecule has 0 radical (unpaired) electrons. The molecule has 0 bridgehead atoms. The highest BCUT2D eigenvalue weighted by atomic mass is 32.1. The van der Waals surface area contributed by atoms with Gasteiger partial charge in [0, 0.05) is 0 Å². The standard InChI is InChI=1S/C20H21N3O5S/c1-2-27-19(26)15-8-10-16(11-9-15)28-13-18(25)22-23-20(29)21-17(24)12-14-6-4-3-5-7-14/h3-11H,2,12-13H2,1H3,(H,22,25)(H2,21,23,24,29). The molecule has 152 valence electrons. The summed E-state index contributed by atoms with van der Waals surface area (Å²) in [6.07, 6.45) is 0.168. The van der Waals surface area contributed by atoms with Crippen LogP contribution in [0, 0.1) is 0 Å². The van der Waals surface area contributed by atoms with Crippen LogP contribution in [0.1, 0.15) is 22.8 Å². The summed E-state index contributed by atoms with van der Waals surface area (Å²) >= 11 is 4.96.